The Morgan fingerprint density at radius 3 is 2.11 bits per heavy atom. The molecule has 184 valence electrons. The van der Waals surface area contributed by atoms with Gasteiger partial charge in [-0.2, -0.15) is 0 Å². The molecule has 3 amide bonds. The molecule has 0 bridgehead atoms. The van der Waals surface area contributed by atoms with E-state index in [9.17, 15) is 14.4 Å². The summed E-state index contributed by atoms with van der Waals surface area (Å²) in [5.74, 6) is -0.0678. The molecule has 36 heavy (non-hydrogen) atoms. The lowest BCUT2D eigenvalue weighted by atomic mass is 9.93. The summed E-state index contributed by atoms with van der Waals surface area (Å²) in [4.78, 5) is 39.6. The maximum atomic E-state index is 13.1. The van der Waals surface area contributed by atoms with Gasteiger partial charge in [-0.3, -0.25) is 14.4 Å². The number of anilines is 2. The van der Waals surface area contributed by atoms with Crippen LogP contribution in [0.2, 0.25) is 0 Å². The van der Waals surface area contributed by atoms with Gasteiger partial charge >= 0.3 is 0 Å². The molecule has 1 atom stereocenters. The number of carbonyl (C=O) groups excluding carboxylic acids is 3. The minimum absolute atomic E-state index is 0.0406. The molecule has 3 aromatic rings. The van der Waals surface area contributed by atoms with Crippen molar-refractivity contribution in [1.82, 2.24) is 4.90 Å². The number of fused-ring (bicyclic) bond motifs is 1. The van der Waals surface area contributed by atoms with E-state index in [1.54, 1.807) is 47.5 Å². The van der Waals surface area contributed by atoms with Gasteiger partial charge in [-0.25, -0.2) is 0 Å². The summed E-state index contributed by atoms with van der Waals surface area (Å²) < 4.78 is 10.9. The molecule has 0 spiro atoms. The zero-order valence-corrected chi connectivity index (χ0v) is 20.3. The lowest BCUT2D eigenvalue weighted by Crippen LogP contribution is -2.33. The van der Waals surface area contributed by atoms with Crippen LogP contribution in [0.4, 0.5) is 11.4 Å². The van der Waals surface area contributed by atoms with Crippen LogP contribution in [0.15, 0.2) is 72.9 Å². The first-order chi connectivity index (χ1) is 17.4. The molecular weight excluding hydrogens is 458 g/mol. The Morgan fingerprint density at radius 1 is 0.861 bits per heavy atom. The number of benzene rings is 3. The Morgan fingerprint density at radius 2 is 1.47 bits per heavy atom. The van der Waals surface area contributed by atoms with Crippen LogP contribution >= 0.6 is 0 Å². The van der Waals surface area contributed by atoms with Crippen LogP contribution in [-0.2, 0) is 9.59 Å². The Kier molecular flexibility index (Phi) is 7.34. The SMILES string of the molecule is COc1cc(NC(=O)c2ccccc2)c(OC)cc1NC(=O)CC1c2ccccc2C=CN1C(C)=O. The molecule has 0 aromatic heterocycles. The highest BCUT2D eigenvalue weighted by molar-refractivity contribution is 6.05. The molecule has 0 fully saturated rings. The summed E-state index contributed by atoms with van der Waals surface area (Å²) >= 11 is 0. The van der Waals surface area contributed by atoms with Crippen molar-refractivity contribution in [2.45, 2.75) is 19.4 Å². The van der Waals surface area contributed by atoms with E-state index in [0.29, 0.717) is 28.4 Å². The van der Waals surface area contributed by atoms with Crippen LogP contribution in [0.25, 0.3) is 6.08 Å². The second-order valence-electron chi connectivity index (χ2n) is 8.21. The Bertz CT molecular complexity index is 1320. The summed E-state index contributed by atoms with van der Waals surface area (Å²) in [7, 11) is 2.95. The number of methoxy groups -OCH3 is 2. The van der Waals surface area contributed by atoms with Crippen LogP contribution < -0.4 is 20.1 Å². The first kappa shape index (κ1) is 24.5. The normalized spacial score (nSPS) is 14.0. The van der Waals surface area contributed by atoms with Crippen molar-refractivity contribution >= 4 is 35.2 Å². The van der Waals surface area contributed by atoms with Crippen LogP contribution in [0.1, 0.15) is 40.9 Å². The fourth-order valence-electron chi connectivity index (χ4n) is 4.17. The minimum Gasteiger partial charge on any atom is -0.494 e. The second-order valence-corrected chi connectivity index (χ2v) is 8.21. The highest BCUT2D eigenvalue weighted by Gasteiger charge is 2.28. The molecule has 2 N–H and O–H groups in total. The van der Waals surface area contributed by atoms with E-state index in [-0.39, 0.29) is 24.1 Å². The molecule has 0 radical (unpaired) electrons. The molecule has 8 nitrogen and oxygen atoms in total. The van der Waals surface area contributed by atoms with Crippen molar-refractivity contribution in [3.8, 4) is 11.5 Å². The van der Waals surface area contributed by atoms with E-state index in [1.807, 2.05) is 36.4 Å². The zero-order chi connectivity index (χ0) is 25.7. The summed E-state index contributed by atoms with van der Waals surface area (Å²) in [6.07, 6.45) is 3.61. The molecular formula is C28H27N3O5. The fraction of sp³-hybridized carbons (Fsp3) is 0.179. The van der Waals surface area contributed by atoms with E-state index in [1.165, 1.54) is 21.1 Å². The van der Waals surface area contributed by atoms with Crippen LogP contribution in [-0.4, -0.2) is 36.8 Å². The minimum atomic E-state index is -0.443. The predicted molar refractivity (Wildman–Crippen MR) is 138 cm³/mol. The van der Waals surface area contributed by atoms with Gasteiger partial charge in [-0.15, -0.1) is 0 Å². The molecule has 8 heteroatoms. The first-order valence-corrected chi connectivity index (χ1v) is 11.4. The van der Waals surface area contributed by atoms with Gasteiger partial charge in [0.05, 0.1) is 38.1 Å². The highest BCUT2D eigenvalue weighted by Crippen LogP contribution is 2.38. The molecule has 0 saturated carbocycles. The van der Waals surface area contributed by atoms with E-state index >= 15 is 0 Å². The van der Waals surface area contributed by atoms with Gasteiger partial charge in [0, 0.05) is 30.8 Å². The maximum absolute atomic E-state index is 13.1. The van der Waals surface area contributed by atoms with Crippen LogP contribution in [0, 0.1) is 0 Å². The van der Waals surface area contributed by atoms with Gasteiger partial charge < -0.3 is 25.0 Å². The highest BCUT2D eigenvalue weighted by atomic mass is 16.5. The Balaban J connectivity index is 1.56. The lowest BCUT2D eigenvalue weighted by molar-refractivity contribution is -0.129. The van der Waals surface area contributed by atoms with E-state index in [0.717, 1.165) is 11.1 Å². The van der Waals surface area contributed by atoms with Crippen molar-refractivity contribution in [1.29, 1.82) is 0 Å². The number of hydrogen-bond acceptors (Lipinski definition) is 5. The Hall–Kier alpha value is -4.59. The zero-order valence-electron chi connectivity index (χ0n) is 20.3. The number of nitrogens with one attached hydrogen (secondary N) is 2. The van der Waals surface area contributed by atoms with Crippen molar-refractivity contribution in [3.63, 3.8) is 0 Å². The first-order valence-electron chi connectivity index (χ1n) is 11.4. The lowest BCUT2D eigenvalue weighted by Gasteiger charge is -2.32. The van der Waals surface area contributed by atoms with Gasteiger partial charge in [-0.05, 0) is 29.3 Å². The van der Waals surface area contributed by atoms with Gasteiger partial charge in [-0.1, -0.05) is 42.5 Å². The van der Waals surface area contributed by atoms with Crippen LogP contribution in [0.5, 0.6) is 11.5 Å². The average molecular weight is 486 g/mol. The van der Waals surface area contributed by atoms with E-state index in [4.69, 9.17) is 9.47 Å². The van der Waals surface area contributed by atoms with Gasteiger partial charge in [0.15, 0.2) is 0 Å². The van der Waals surface area contributed by atoms with Crippen LogP contribution in [0.3, 0.4) is 0 Å². The topological polar surface area (TPSA) is 97.0 Å². The molecule has 1 aliphatic rings. The van der Waals surface area contributed by atoms with Gasteiger partial charge in [0.1, 0.15) is 11.5 Å². The maximum Gasteiger partial charge on any atom is 0.255 e. The van der Waals surface area contributed by atoms with E-state index < -0.39 is 6.04 Å². The average Bonchev–Trinajstić information content (AvgIpc) is 2.89. The molecule has 0 aliphatic carbocycles. The third-order valence-corrected chi connectivity index (χ3v) is 5.93. The van der Waals surface area contributed by atoms with Crippen molar-refractivity contribution in [3.05, 3.63) is 89.6 Å². The molecule has 0 saturated heterocycles. The third kappa shape index (κ3) is 5.22. The van der Waals surface area contributed by atoms with E-state index in [2.05, 4.69) is 10.6 Å². The van der Waals surface area contributed by atoms with Gasteiger partial charge in [0.25, 0.3) is 5.91 Å². The number of rotatable bonds is 7. The number of carbonyl (C=O) groups is 3. The molecule has 1 unspecified atom stereocenters. The molecule has 1 aliphatic heterocycles. The summed E-state index contributed by atoms with van der Waals surface area (Å²) in [5, 5.41) is 5.69. The predicted octanol–water partition coefficient (Wildman–Crippen LogP) is 4.86. The quantitative estimate of drug-likeness (QED) is 0.498. The number of nitrogens with zero attached hydrogens (tertiary/aromatic N) is 1. The number of ether oxygens (including phenoxy) is 2. The van der Waals surface area contributed by atoms with Crippen molar-refractivity contribution in [2.75, 3.05) is 24.9 Å². The summed E-state index contributed by atoms with van der Waals surface area (Å²) in [5.41, 5.74) is 3.13. The fourth-order valence-corrected chi connectivity index (χ4v) is 4.17. The smallest absolute Gasteiger partial charge is 0.255 e. The second kappa shape index (κ2) is 10.8. The molecule has 4 rings (SSSR count). The van der Waals surface area contributed by atoms with Crippen molar-refractivity contribution in [2.24, 2.45) is 0 Å². The van der Waals surface area contributed by atoms with Crippen molar-refractivity contribution < 1.29 is 23.9 Å². The molecule has 3 aromatic carbocycles. The standard InChI is InChI=1S/C28H27N3O5/c1-18(32)31-14-13-19-9-7-8-12-21(19)24(31)17-27(33)29-22-15-26(36-3)23(16-25(22)35-2)30-28(34)20-10-5-4-6-11-20/h4-16,24H,17H2,1-3H3,(H,29,33)(H,30,34). The summed E-state index contributed by atoms with van der Waals surface area (Å²) in [6, 6.07) is 19.2. The molecule has 1 heterocycles. The Labute approximate surface area is 209 Å². The van der Waals surface area contributed by atoms with Gasteiger partial charge in [0.2, 0.25) is 11.8 Å². The number of hydrogen-bond donors (Lipinski definition) is 2. The number of amides is 3. The third-order valence-electron chi connectivity index (χ3n) is 5.93. The largest absolute Gasteiger partial charge is 0.494 e. The monoisotopic (exact) mass is 485 g/mol. The summed E-state index contributed by atoms with van der Waals surface area (Å²) in [6.45, 7) is 1.47.